The molecule has 2 unspecified atom stereocenters. The topological polar surface area (TPSA) is 73.6 Å². The van der Waals surface area contributed by atoms with Gasteiger partial charge in [0.1, 0.15) is 5.82 Å². The Morgan fingerprint density at radius 3 is 2.92 bits per heavy atom. The maximum Gasteiger partial charge on any atom is 0.185 e. The summed E-state index contributed by atoms with van der Waals surface area (Å²) >= 11 is 0. The lowest BCUT2D eigenvalue weighted by Crippen LogP contribution is -2.26. The van der Waals surface area contributed by atoms with Crippen LogP contribution in [0.4, 0.5) is 5.82 Å². The van der Waals surface area contributed by atoms with E-state index in [9.17, 15) is 0 Å². The second-order valence-corrected chi connectivity index (χ2v) is 6.24. The van der Waals surface area contributed by atoms with Crippen LogP contribution in [-0.4, -0.2) is 51.8 Å². The van der Waals surface area contributed by atoms with Crippen molar-refractivity contribution in [3.8, 4) is 11.4 Å². The number of hydrogen-bond donors (Lipinski definition) is 1. The smallest absolute Gasteiger partial charge is 0.185 e. The normalized spacial score (nSPS) is 18.5. The minimum Gasteiger partial charge on any atom is -0.379 e. The minimum atomic E-state index is 0.141. The zero-order chi connectivity index (χ0) is 17.1. The van der Waals surface area contributed by atoms with Crippen LogP contribution in [0.1, 0.15) is 13.3 Å². The molecule has 4 rings (SSSR count). The van der Waals surface area contributed by atoms with Gasteiger partial charge in [0.05, 0.1) is 19.3 Å². The van der Waals surface area contributed by atoms with Crippen molar-refractivity contribution in [3.63, 3.8) is 0 Å². The highest BCUT2D eigenvalue weighted by Gasteiger charge is 2.17. The molecule has 0 saturated carbocycles. The first kappa shape index (κ1) is 16.0. The molecule has 0 spiro atoms. The Bertz CT molecular complexity index is 830. The second kappa shape index (κ2) is 7.16. The van der Waals surface area contributed by atoms with Crippen LogP contribution < -0.4 is 5.32 Å². The fourth-order valence-electron chi connectivity index (χ4n) is 2.85. The highest BCUT2D eigenvalue weighted by atomic mass is 16.5. The summed E-state index contributed by atoms with van der Waals surface area (Å²) in [5.41, 5.74) is 1.70. The Balaban J connectivity index is 1.48. The van der Waals surface area contributed by atoms with Gasteiger partial charge in [0.15, 0.2) is 11.5 Å². The molecule has 1 N–H and O–H groups in total. The van der Waals surface area contributed by atoms with Gasteiger partial charge >= 0.3 is 0 Å². The number of fused-ring (bicyclic) bond motifs is 1. The van der Waals surface area contributed by atoms with E-state index in [1.807, 2.05) is 42.5 Å². The first-order chi connectivity index (χ1) is 12.3. The van der Waals surface area contributed by atoms with Gasteiger partial charge < -0.3 is 14.8 Å². The fourth-order valence-corrected chi connectivity index (χ4v) is 2.85. The van der Waals surface area contributed by atoms with Crippen molar-refractivity contribution >= 4 is 11.5 Å². The first-order valence-corrected chi connectivity index (χ1v) is 8.53. The van der Waals surface area contributed by atoms with E-state index in [-0.39, 0.29) is 12.1 Å². The third-order valence-corrected chi connectivity index (χ3v) is 4.16. The zero-order valence-corrected chi connectivity index (χ0v) is 14.1. The van der Waals surface area contributed by atoms with E-state index >= 15 is 0 Å². The molecule has 7 heteroatoms. The van der Waals surface area contributed by atoms with Gasteiger partial charge in [-0.2, -0.15) is 4.52 Å². The average molecular weight is 339 g/mol. The van der Waals surface area contributed by atoms with Gasteiger partial charge in [0, 0.05) is 18.2 Å². The molecule has 1 aromatic carbocycles. The maximum atomic E-state index is 5.86. The highest BCUT2D eigenvalue weighted by molar-refractivity contribution is 5.59. The summed E-state index contributed by atoms with van der Waals surface area (Å²) < 4.78 is 12.9. The molecule has 1 aliphatic heterocycles. The Hall–Kier alpha value is -2.51. The van der Waals surface area contributed by atoms with Crippen LogP contribution >= 0.6 is 0 Å². The number of benzene rings is 1. The van der Waals surface area contributed by atoms with Gasteiger partial charge in [0.2, 0.25) is 0 Å². The van der Waals surface area contributed by atoms with Crippen molar-refractivity contribution in [2.24, 2.45) is 0 Å². The summed E-state index contributed by atoms with van der Waals surface area (Å²) in [7, 11) is 0. The van der Waals surface area contributed by atoms with E-state index in [2.05, 4.69) is 27.5 Å². The van der Waals surface area contributed by atoms with Crippen LogP contribution in [0.5, 0.6) is 0 Å². The molecular formula is C18H21N5O2. The standard InChI is InChI=1S/C18H21N5O2/c1-13(11-25-15-9-10-24-12-15)19-16-7-8-17-20-21-18(23(17)22-16)14-5-3-2-4-6-14/h2-8,13,15H,9-12H2,1H3,(H,19,22). The predicted molar refractivity (Wildman–Crippen MR) is 94.5 cm³/mol. The Kier molecular flexibility index (Phi) is 4.58. The van der Waals surface area contributed by atoms with E-state index in [1.54, 1.807) is 4.52 Å². The molecule has 2 aromatic heterocycles. The molecule has 0 aliphatic carbocycles. The molecule has 2 atom stereocenters. The van der Waals surface area contributed by atoms with Crippen molar-refractivity contribution < 1.29 is 9.47 Å². The van der Waals surface area contributed by atoms with E-state index in [0.717, 1.165) is 35.9 Å². The summed E-state index contributed by atoms with van der Waals surface area (Å²) in [6.07, 6.45) is 1.18. The minimum absolute atomic E-state index is 0.141. The molecule has 3 heterocycles. The van der Waals surface area contributed by atoms with Crippen LogP contribution in [0, 0.1) is 0 Å². The van der Waals surface area contributed by atoms with Gasteiger partial charge in [-0.1, -0.05) is 30.3 Å². The highest BCUT2D eigenvalue weighted by Crippen LogP contribution is 2.18. The van der Waals surface area contributed by atoms with E-state index in [4.69, 9.17) is 9.47 Å². The lowest BCUT2D eigenvalue weighted by Gasteiger charge is -2.17. The third-order valence-electron chi connectivity index (χ3n) is 4.16. The predicted octanol–water partition coefficient (Wildman–Crippen LogP) is 2.40. The number of aromatic nitrogens is 4. The zero-order valence-electron chi connectivity index (χ0n) is 14.1. The Labute approximate surface area is 146 Å². The Morgan fingerprint density at radius 1 is 1.24 bits per heavy atom. The molecule has 7 nitrogen and oxygen atoms in total. The molecule has 1 saturated heterocycles. The molecule has 0 bridgehead atoms. The summed E-state index contributed by atoms with van der Waals surface area (Å²) in [5, 5.41) is 16.5. The summed E-state index contributed by atoms with van der Waals surface area (Å²) in [6.45, 7) is 4.17. The van der Waals surface area contributed by atoms with Crippen molar-refractivity contribution in [2.75, 3.05) is 25.1 Å². The van der Waals surface area contributed by atoms with Crippen LogP contribution in [-0.2, 0) is 9.47 Å². The fraction of sp³-hybridized carbons (Fsp3) is 0.389. The van der Waals surface area contributed by atoms with Gasteiger partial charge in [-0.3, -0.25) is 0 Å². The lowest BCUT2D eigenvalue weighted by atomic mass is 10.2. The SMILES string of the molecule is CC(COC1CCOC1)Nc1ccc2nnc(-c3ccccc3)n2n1. The van der Waals surface area contributed by atoms with Crippen molar-refractivity contribution in [2.45, 2.75) is 25.5 Å². The summed E-state index contributed by atoms with van der Waals surface area (Å²) in [5.74, 6) is 1.49. The summed E-state index contributed by atoms with van der Waals surface area (Å²) in [4.78, 5) is 0. The number of nitrogens with zero attached hydrogens (tertiary/aromatic N) is 4. The van der Waals surface area contributed by atoms with Crippen LogP contribution in [0.2, 0.25) is 0 Å². The van der Waals surface area contributed by atoms with Crippen molar-refractivity contribution in [1.82, 2.24) is 19.8 Å². The van der Waals surface area contributed by atoms with Crippen molar-refractivity contribution in [3.05, 3.63) is 42.5 Å². The van der Waals surface area contributed by atoms with Gasteiger partial charge in [-0.05, 0) is 25.5 Å². The Morgan fingerprint density at radius 2 is 2.12 bits per heavy atom. The average Bonchev–Trinajstić information content (AvgIpc) is 3.30. The van der Waals surface area contributed by atoms with Gasteiger partial charge in [0.25, 0.3) is 0 Å². The molecule has 0 amide bonds. The van der Waals surface area contributed by atoms with Crippen LogP contribution in [0.15, 0.2) is 42.5 Å². The summed E-state index contributed by atoms with van der Waals surface area (Å²) in [6, 6.07) is 13.9. The number of anilines is 1. The molecule has 0 radical (unpaired) electrons. The van der Waals surface area contributed by atoms with Crippen LogP contribution in [0.3, 0.4) is 0 Å². The lowest BCUT2D eigenvalue weighted by molar-refractivity contribution is 0.0394. The number of hydrogen-bond acceptors (Lipinski definition) is 6. The maximum absolute atomic E-state index is 5.86. The number of rotatable bonds is 6. The van der Waals surface area contributed by atoms with E-state index in [1.165, 1.54) is 0 Å². The monoisotopic (exact) mass is 339 g/mol. The molecule has 1 fully saturated rings. The van der Waals surface area contributed by atoms with Crippen molar-refractivity contribution in [1.29, 1.82) is 0 Å². The van der Waals surface area contributed by atoms with Crippen LogP contribution in [0.25, 0.3) is 17.0 Å². The molecule has 3 aromatic rings. The first-order valence-electron chi connectivity index (χ1n) is 8.53. The molecule has 25 heavy (non-hydrogen) atoms. The van der Waals surface area contributed by atoms with Gasteiger partial charge in [-0.25, -0.2) is 0 Å². The van der Waals surface area contributed by atoms with E-state index < -0.39 is 0 Å². The number of ether oxygens (including phenoxy) is 2. The third kappa shape index (κ3) is 3.62. The molecular weight excluding hydrogens is 318 g/mol. The largest absolute Gasteiger partial charge is 0.379 e. The molecule has 1 aliphatic rings. The second-order valence-electron chi connectivity index (χ2n) is 6.24. The molecule has 130 valence electrons. The number of nitrogens with one attached hydrogen (secondary N) is 1. The van der Waals surface area contributed by atoms with E-state index in [0.29, 0.717) is 13.2 Å². The van der Waals surface area contributed by atoms with Gasteiger partial charge in [-0.15, -0.1) is 15.3 Å². The quantitative estimate of drug-likeness (QED) is 0.743.